The molecular weight excluding hydrogens is 142 g/mol. The first kappa shape index (κ1) is 8.33. The summed E-state index contributed by atoms with van der Waals surface area (Å²) in [4.78, 5) is 11.1. The van der Waals surface area contributed by atoms with Gasteiger partial charge in [0.2, 0.25) is 0 Å². The topological polar surface area (TPSA) is 35.6 Å². The van der Waals surface area contributed by atoms with Crippen LogP contribution in [0.3, 0.4) is 0 Å². The molecule has 1 N–H and O–H groups in total. The van der Waals surface area contributed by atoms with Crippen molar-refractivity contribution in [2.24, 2.45) is 0 Å². The number of urea groups is 1. The van der Waals surface area contributed by atoms with Crippen LogP contribution in [0.1, 0.15) is 13.8 Å². The van der Waals surface area contributed by atoms with E-state index in [1.54, 1.807) is 5.01 Å². The van der Waals surface area contributed by atoms with Crippen LogP contribution in [0.25, 0.3) is 0 Å². The van der Waals surface area contributed by atoms with E-state index in [9.17, 15) is 4.79 Å². The summed E-state index contributed by atoms with van der Waals surface area (Å²) in [5, 5.41) is 6.56. The van der Waals surface area contributed by atoms with E-state index < -0.39 is 0 Å². The fourth-order valence-corrected chi connectivity index (χ4v) is 1.30. The molecule has 4 heteroatoms. The van der Waals surface area contributed by atoms with Gasteiger partial charge in [0.15, 0.2) is 0 Å². The van der Waals surface area contributed by atoms with Gasteiger partial charge in [-0.15, -0.1) is 0 Å². The molecule has 1 aliphatic rings. The molecule has 1 saturated heterocycles. The maximum absolute atomic E-state index is 11.1. The van der Waals surface area contributed by atoms with Crippen LogP contribution >= 0.6 is 0 Å². The van der Waals surface area contributed by atoms with Crippen LogP contribution in [-0.4, -0.2) is 42.2 Å². The van der Waals surface area contributed by atoms with Gasteiger partial charge in [0, 0.05) is 19.6 Å². The molecule has 0 aromatic heterocycles. The Morgan fingerprint density at radius 2 is 2.18 bits per heavy atom. The average Bonchev–Trinajstić information content (AvgIpc) is 2.40. The largest absolute Gasteiger partial charge is 0.335 e. The number of nitrogens with one attached hydrogen (secondary N) is 1. The van der Waals surface area contributed by atoms with Crippen molar-refractivity contribution in [2.75, 3.05) is 26.2 Å². The highest BCUT2D eigenvalue weighted by atomic mass is 16.2. The second-order valence-electron chi connectivity index (χ2n) is 2.49. The maximum Gasteiger partial charge on any atom is 0.332 e. The molecule has 2 amide bonds. The fraction of sp³-hybridized carbons (Fsp3) is 0.857. The standard InChI is InChI=1S/C7H15N3O/c1-3-9(4-2)10-6-5-8-7(10)11/h3-6H2,1-2H3,(H,8,11). The quantitative estimate of drug-likeness (QED) is 0.638. The Hall–Kier alpha value is -0.770. The molecule has 4 nitrogen and oxygen atoms in total. The summed E-state index contributed by atoms with van der Waals surface area (Å²) in [6.45, 7) is 7.47. The molecule has 1 aliphatic heterocycles. The first-order valence-electron chi connectivity index (χ1n) is 4.09. The molecule has 0 unspecified atom stereocenters. The predicted molar refractivity (Wildman–Crippen MR) is 43.0 cm³/mol. The number of carbonyl (C=O) groups is 1. The zero-order chi connectivity index (χ0) is 8.27. The second kappa shape index (κ2) is 3.57. The van der Waals surface area contributed by atoms with E-state index in [-0.39, 0.29) is 6.03 Å². The number of hydrazine groups is 1. The van der Waals surface area contributed by atoms with Gasteiger partial charge in [-0.3, -0.25) is 5.01 Å². The summed E-state index contributed by atoms with van der Waals surface area (Å²) < 4.78 is 0. The number of nitrogens with zero attached hydrogens (tertiary/aromatic N) is 2. The molecule has 0 aliphatic carbocycles. The SMILES string of the molecule is CCN(CC)N1CCNC1=O. The second-order valence-corrected chi connectivity index (χ2v) is 2.49. The minimum atomic E-state index is 0.0358. The maximum atomic E-state index is 11.1. The normalized spacial score (nSPS) is 17.7. The molecule has 64 valence electrons. The Bertz CT molecular complexity index is 145. The molecule has 0 saturated carbocycles. The van der Waals surface area contributed by atoms with E-state index >= 15 is 0 Å². The van der Waals surface area contributed by atoms with Gasteiger partial charge in [-0.1, -0.05) is 13.8 Å². The van der Waals surface area contributed by atoms with Gasteiger partial charge in [-0.2, -0.15) is 0 Å². The lowest BCUT2D eigenvalue weighted by Crippen LogP contribution is -2.44. The summed E-state index contributed by atoms with van der Waals surface area (Å²) in [5.41, 5.74) is 0. The lowest BCUT2D eigenvalue weighted by molar-refractivity contribution is 0.0427. The summed E-state index contributed by atoms with van der Waals surface area (Å²) in [6, 6.07) is 0.0358. The molecule has 1 rings (SSSR count). The van der Waals surface area contributed by atoms with E-state index in [2.05, 4.69) is 19.2 Å². The number of hydrogen-bond donors (Lipinski definition) is 1. The minimum absolute atomic E-state index is 0.0358. The molecular formula is C7H15N3O. The zero-order valence-corrected chi connectivity index (χ0v) is 7.13. The Balaban J connectivity index is 2.49. The van der Waals surface area contributed by atoms with Crippen LogP contribution in [-0.2, 0) is 0 Å². The highest BCUT2D eigenvalue weighted by molar-refractivity contribution is 5.75. The highest BCUT2D eigenvalue weighted by Crippen LogP contribution is 2.01. The monoisotopic (exact) mass is 157 g/mol. The first-order chi connectivity index (χ1) is 5.29. The fourth-order valence-electron chi connectivity index (χ4n) is 1.30. The molecule has 0 spiro atoms. The van der Waals surface area contributed by atoms with Crippen molar-refractivity contribution in [3.8, 4) is 0 Å². The Labute approximate surface area is 67.1 Å². The molecule has 0 bridgehead atoms. The van der Waals surface area contributed by atoms with Crippen molar-refractivity contribution in [1.29, 1.82) is 0 Å². The van der Waals surface area contributed by atoms with E-state index in [0.29, 0.717) is 0 Å². The summed E-state index contributed by atoms with van der Waals surface area (Å²) in [7, 11) is 0. The number of carbonyl (C=O) groups excluding carboxylic acids is 1. The Kier molecular flexibility index (Phi) is 2.70. The van der Waals surface area contributed by atoms with Gasteiger partial charge in [0.1, 0.15) is 0 Å². The average molecular weight is 157 g/mol. The van der Waals surface area contributed by atoms with E-state index in [1.165, 1.54) is 0 Å². The lowest BCUT2D eigenvalue weighted by atomic mass is 10.6. The van der Waals surface area contributed by atoms with Gasteiger partial charge in [-0.25, -0.2) is 9.80 Å². The van der Waals surface area contributed by atoms with E-state index in [4.69, 9.17) is 0 Å². The van der Waals surface area contributed by atoms with E-state index in [0.717, 1.165) is 26.2 Å². The number of amides is 2. The third-order valence-electron chi connectivity index (χ3n) is 1.91. The van der Waals surface area contributed by atoms with Gasteiger partial charge in [0.05, 0.1) is 6.54 Å². The van der Waals surface area contributed by atoms with Crippen molar-refractivity contribution in [3.63, 3.8) is 0 Å². The van der Waals surface area contributed by atoms with Gasteiger partial charge in [-0.05, 0) is 0 Å². The summed E-state index contributed by atoms with van der Waals surface area (Å²) >= 11 is 0. The smallest absolute Gasteiger partial charge is 0.332 e. The van der Waals surface area contributed by atoms with E-state index in [1.807, 2.05) is 5.01 Å². The molecule has 0 aromatic carbocycles. The van der Waals surface area contributed by atoms with Gasteiger partial charge < -0.3 is 5.32 Å². The van der Waals surface area contributed by atoms with Gasteiger partial charge in [0.25, 0.3) is 0 Å². The van der Waals surface area contributed by atoms with Crippen molar-refractivity contribution in [1.82, 2.24) is 15.3 Å². The van der Waals surface area contributed by atoms with Crippen LogP contribution in [0, 0.1) is 0 Å². The minimum Gasteiger partial charge on any atom is -0.335 e. The predicted octanol–water partition coefficient (Wildman–Crippen LogP) is 0.268. The molecule has 1 heterocycles. The van der Waals surface area contributed by atoms with Crippen LogP contribution in [0.4, 0.5) is 4.79 Å². The zero-order valence-electron chi connectivity index (χ0n) is 7.13. The van der Waals surface area contributed by atoms with Crippen molar-refractivity contribution < 1.29 is 4.79 Å². The van der Waals surface area contributed by atoms with Crippen molar-refractivity contribution in [2.45, 2.75) is 13.8 Å². The number of rotatable bonds is 3. The molecule has 0 radical (unpaired) electrons. The molecule has 11 heavy (non-hydrogen) atoms. The molecule has 0 atom stereocenters. The third-order valence-corrected chi connectivity index (χ3v) is 1.91. The van der Waals surface area contributed by atoms with Crippen molar-refractivity contribution >= 4 is 6.03 Å². The summed E-state index contributed by atoms with van der Waals surface area (Å²) in [6.07, 6.45) is 0. The lowest BCUT2D eigenvalue weighted by Gasteiger charge is -2.27. The molecule has 0 aromatic rings. The Morgan fingerprint density at radius 1 is 1.55 bits per heavy atom. The van der Waals surface area contributed by atoms with Crippen LogP contribution in [0.2, 0.25) is 0 Å². The highest BCUT2D eigenvalue weighted by Gasteiger charge is 2.23. The van der Waals surface area contributed by atoms with Crippen molar-refractivity contribution in [3.05, 3.63) is 0 Å². The van der Waals surface area contributed by atoms with Gasteiger partial charge >= 0.3 is 6.03 Å². The van der Waals surface area contributed by atoms with Crippen LogP contribution < -0.4 is 5.32 Å². The number of hydrogen-bond acceptors (Lipinski definition) is 2. The van der Waals surface area contributed by atoms with Crippen LogP contribution in [0.15, 0.2) is 0 Å². The third kappa shape index (κ3) is 1.63. The van der Waals surface area contributed by atoms with Crippen LogP contribution in [0.5, 0.6) is 0 Å². The first-order valence-corrected chi connectivity index (χ1v) is 4.09. The molecule has 1 fully saturated rings. The Morgan fingerprint density at radius 3 is 2.55 bits per heavy atom. The summed E-state index contributed by atoms with van der Waals surface area (Å²) in [5.74, 6) is 0.